The van der Waals surface area contributed by atoms with Crippen molar-refractivity contribution in [3.63, 3.8) is 0 Å². The van der Waals surface area contributed by atoms with Crippen molar-refractivity contribution >= 4 is 39.5 Å². The van der Waals surface area contributed by atoms with Crippen LogP contribution in [0, 0.1) is 6.92 Å². The number of nitrogens with one attached hydrogen (secondary N) is 2. The van der Waals surface area contributed by atoms with Crippen molar-refractivity contribution in [3.8, 4) is 0 Å². The van der Waals surface area contributed by atoms with Gasteiger partial charge in [-0.3, -0.25) is 14.5 Å². The normalized spacial score (nSPS) is 13.1. The Morgan fingerprint density at radius 1 is 1.10 bits per heavy atom. The molecule has 4 amide bonds. The second-order valence-electron chi connectivity index (χ2n) is 7.38. The van der Waals surface area contributed by atoms with Gasteiger partial charge in [-0.05, 0) is 48.6 Å². The summed E-state index contributed by atoms with van der Waals surface area (Å²) in [6, 6.07) is 10.7. The fourth-order valence-corrected chi connectivity index (χ4v) is 3.77. The standard InChI is InChI=1S/C22H24BrN3O3/c1-13(2)16-7-4-6-14(3)19(16)25-22(29)24-10-5-11-26-20(27)17-9-8-15(23)12-18(17)21(26)28/h4,6-9,12-13H,5,10-11H2,1-3H3,(H2,24,25,29). The number of urea groups is 1. The molecule has 0 saturated heterocycles. The van der Waals surface area contributed by atoms with Crippen LogP contribution in [0.4, 0.5) is 10.5 Å². The Labute approximate surface area is 178 Å². The number of hydrogen-bond acceptors (Lipinski definition) is 3. The van der Waals surface area contributed by atoms with Crippen molar-refractivity contribution in [2.24, 2.45) is 0 Å². The highest BCUT2D eigenvalue weighted by Crippen LogP contribution is 2.27. The predicted octanol–water partition coefficient (Wildman–Crippen LogP) is 4.69. The van der Waals surface area contributed by atoms with E-state index in [1.54, 1.807) is 18.2 Å². The van der Waals surface area contributed by atoms with Gasteiger partial charge in [0.05, 0.1) is 11.1 Å². The number of benzene rings is 2. The molecule has 0 atom stereocenters. The van der Waals surface area contributed by atoms with Crippen LogP contribution in [0.3, 0.4) is 0 Å². The minimum atomic E-state index is -0.299. The molecule has 0 spiro atoms. The summed E-state index contributed by atoms with van der Waals surface area (Å²) < 4.78 is 0.759. The number of imide groups is 1. The number of rotatable bonds is 6. The lowest BCUT2D eigenvalue weighted by atomic mass is 9.98. The van der Waals surface area contributed by atoms with Gasteiger partial charge in [-0.15, -0.1) is 0 Å². The largest absolute Gasteiger partial charge is 0.338 e. The van der Waals surface area contributed by atoms with Gasteiger partial charge in [-0.1, -0.05) is 48.0 Å². The number of halogens is 1. The van der Waals surface area contributed by atoms with Crippen molar-refractivity contribution in [2.45, 2.75) is 33.1 Å². The van der Waals surface area contributed by atoms with Crippen LogP contribution >= 0.6 is 15.9 Å². The molecular weight excluding hydrogens is 434 g/mol. The number of amides is 4. The minimum Gasteiger partial charge on any atom is -0.338 e. The van der Waals surface area contributed by atoms with Crippen LogP contribution in [0.1, 0.15) is 58.0 Å². The summed E-state index contributed by atoms with van der Waals surface area (Å²) in [6.45, 7) is 6.73. The van der Waals surface area contributed by atoms with Gasteiger partial charge < -0.3 is 10.6 Å². The lowest BCUT2D eigenvalue weighted by Gasteiger charge is -2.17. The number of carbonyl (C=O) groups excluding carboxylic acids is 3. The monoisotopic (exact) mass is 457 g/mol. The number of carbonyl (C=O) groups is 3. The van der Waals surface area contributed by atoms with Gasteiger partial charge in [0, 0.05) is 23.2 Å². The summed E-state index contributed by atoms with van der Waals surface area (Å²) in [6.07, 6.45) is 0.477. The Balaban J connectivity index is 1.52. The zero-order chi connectivity index (χ0) is 21.1. The topological polar surface area (TPSA) is 78.5 Å². The number of nitrogens with zero attached hydrogens (tertiary/aromatic N) is 1. The Morgan fingerprint density at radius 3 is 2.55 bits per heavy atom. The number of aryl methyl sites for hydroxylation is 1. The molecule has 0 unspecified atom stereocenters. The maximum absolute atomic E-state index is 12.5. The average Bonchev–Trinajstić information content (AvgIpc) is 2.90. The van der Waals surface area contributed by atoms with Crippen LogP contribution in [0.15, 0.2) is 40.9 Å². The van der Waals surface area contributed by atoms with Gasteiger partial charge >= 0.3 is 6.03 Å². The first-order valence-corrected chi connectivity index (χ1v) is 10.4. The molecule has 0 radical (unpaired) electrons. The van der Waals surface area contributed by atoms with Crippen molar-refractivity contribution in [2.75, 3.05) is 18.4 Å². The molecule has 2 aromatic rings. The van der Waals surface area contributed by atoms with E-state index >= 15 is 0 Å². The van der Waals surface area contributed by atoms with Crippen molar-refractivity contribution in [3.05, 3.63) is 63.1 Å². The van der Waals surface area contributed by atoms with Crippen LogP contribution < -0.4 is 10.6 Å². The third-order valence-electron chi connectivity index (χ3n) is 4.94. The van der Waals surface area contributed by atoms with Gasteiger partial charge in [0.1, 0.15) is 0 Å². The summed E-state index contributed by atoms with van der Waals surface area (Å²) in [5.74, 6) is -0.292. The molecule has 1 aliphatic rings. The van der Waals surface area contributed by atoms with Gasteiger partial charge in [-0.2, -0.15) is 0 Å². The third kappa shape index (κ3) is 4.50. The SMILES string of the molecule is Cc1cccc(C(C)C)c1NC(=O)NCCCN1C(=O)c2ccc(Br)cc2C1=O. The van der Waals surface area contributed by atoms with Crippen molar-refractivity contribution in [1.82, 2.24) is 10.2 Å². The zero-order valence-corrected chi connectivity index (χ0v) is 18.3. The summed E-state index contributed by atoms with van der Waals surface area (Å²) in [7, 11) is 0. The molecule has 1 heterocycles. The fourth-order valence-electron chi connectivity index (χ4n) is 3.41. The molecule has 2 N–H and O–H groups in total. The molecule has 1 aliphatic heterocycles. The highest BCUT2D eigenvalue weighted by atomic mass is 79.9. The Morgan fingerprint density at radius 2 is 1.83 bits per heavy atom. The first kappa shape index (κ1) is 21.0. The highest BCUT2D eigenvalue weighted by molar-refractivity contribution is 9.10. The number of para-hydroxylation sites is 1. The average molecular weight is 458 g/mol. The molecule has 152 valence electrons. The van der Waals surface area contributed by atoms with Crippen LogP contribution in [-0.2, 0) is 0 Å². The summed E-state index contributed by atoms with van der Waals surface area (Å²) in [5.41, 5.74) is 3.74. The molecule has 29 heavy (non-hydrogen) atoms. The fraction of sp³-hybridized carbons (Fsp3) is 0.318. The summed E-state index contributed by atoms with van der Waals surface area (Å²) in [5, 5.41) is 5.73. The summed E-state index contributed by atoms with van der Waals surface area (Å²) >= 11 is 3.32. The van der Waals surface area contributed by atoms with E-state index in [2.05, 4.69) is 40.4 Å². The van der Waals surface area contributed by atoms with E-state index in [-0.39, 0.29) is 24.4 Å². The Hall–Kier alpha value is -2.67. The quantitative estimate of drug-likeness (QED) is 0.487. The van der Waals surface area contributed by atoms with Gasteiger partial charge in [0.15, 0.2) is 0 Å². The maximum Gasteiger partial charge on any atom is 0.319 e. The molecule has 7 heteroatoms. The molecule has 0 fully saturated rings. The first-order chi connectivity index (χ1) is 13.8. The van der Waals surface area contributed by atoms with Gasteiger partial charge in [0.2, 0.25) is 0 Å². The van der Waals surface area contributed by atoms with E-state index in [1.165, 1.54) is 4.90 Å². The zero-order valence-electron chi connectivity index (χ0n) is 16.7. The predicted molar refractivity (Wildman–Crippen MR) is 116 cm³/mol. The van der Waals surface area contributed by atoms with E-state index in [0.29, 0.717) is 30.0 Å². The molecule has 6 nitrogen and oxygen atoms in total. The van der Waals surface area contributed by atoms with Crippen LogP contribution in [0.2, 0.25) is 0 Å². The Kier molecular flexibility index (Phi) is 6.37. The maximum atomic E-state index is 12.5. The minimum absolute atomic E-state index is 0.256. The van der Waals surface area contributed by atoms with E-state index in [0.717, 1.165) is 21.3 Å². The smallest absolute Gasteiger partial charge is 0.319 e. The van der Waals surface area contributed by atoms with Gasteiger partial charge in [-0.25, -0.2) is 4.79 Å². The van der Waals surface area contributed by atoms with Crippen molar-refractivity contribution in [1.29, 1.82) is 0 Å². The molecule has 0 bridgehead atoms. The summed E-state index contributed by atoms with van der Waals surface area (Å²) in [4.78, 5) is 38.4. The van der Waals surface area contributed by atoms with E-state index in [4.69, 9.17) is 0 Å². The second kappa shape index (κ2) is 8.78. The Bertz CT molecular complexity index is 972. The molecular formula is C22H24BrN3O3. The lowest BCUT2D eigenvalue weighted by Crippen LogP contribution is -2.35. The number of fused-ring (bicyclic) bond motifs is 1. The molecule has 0 saturated carbocycles. The molecule has 0 aliphatic carbocycles. The third-order valence-corrected chi connectivity index (χ3v) is 5.44. The van der Waals surface area contributed by atoms with Gasteiger partial charge in [0.25, 0.3) is 11.8 Å². The van der Waals surface area contributed by atoms with E-state index in [1.807, 2.05) is 25.1 Å². The highest BCUT2D eigenvalue weighted by Gasteiger charge is 2.34. The van der Waals surface area contributed by atoms with Crippen molar-refractivity contribution < 1.29 is 14.4 Å². The second-order valence-corrected chi connectivity index (χ2v) is 8.30. The van der Waals surface area contributed by atoms with E-state index in [9.17, 15) is 14.4 Å². The van der Waals surface area contributed by atoms with E-state index < -0.39 is 0 Å². The lowest BCUT2D eigenvalue weighted by molar-refractivity contribution is 0.0653. The first-order valence-electron chi connectivity index (χ1n) is 9.59. The molecule has 2 aromatic carbocycles. The van der Waals surface area contributed by atoms with Crippen LogP contribution in [0.5, 0.6) is 0 Å². The molecule has 0 aromatic heterocycles. The number of anilines is 1. The van der Waals surface area contributed by atoms with Crippen LogP contribution in [0.25, 0.3) is 0 Å². The number of hydrogen-bond donors (Lipinski definition) is 2. The van der Waals surface area contributed by atoms with Crippen LogP contribution in [-0.4, -0.2) is 35.8 Å². The molecule has 3 rings (SSSR count).